The summed E-state index contributed by atoms with van der Waals surface area (Å²) in [4.78, 5) is 29.1. The molecule has 0 fully saturated rings. The number of benzene rings is 2. The van der Waals surface area contributed by atoms with Crippen LogP contribution in [-0.4, -0.2) is 42.5 Å². The third kappa shape index (κ3) is 4.96. The van der Waals surface area contributed by atoms with Gasteiger partial charge in [0.1, 0.15) is 11.5 Å². The summed E-state index contributed by atoms with van der Waals surface area (Å²) in [6, 6.07) is 12.4. The Morgan fingerprint density at radius 3 is 2.53 bits per heavy atom. The summed E-state index contributed by atoms with van der Waals surface area (Å²) in [5.74, 6) is 0.465. The van der Waals surface area contributed by atoms with Crippen LogP contribution in [0.2, 0.25) is 0 Å². The second-order valence-corrected chi connectivity index (χ2v) is 9.41. The minimum Gasteiger partial charge on any atom is -0.497 e. The molecule has 1 aliphatic rings. The monoisotopic (exact) mass is 513 g/mol. The molecule has 0 saturated carbocycles. The highest BCUT2D eigenvalue weighted by atomic mass is 16.5. The van der Waals surface area contributed by atoms with Gasteiger partial charge in [0.2, 0.25) is 5.91 Å². The summed E-state index contributed by atoms with van der Waals surface area (Å²) in [6.07, 6.45) is 10.0. The Labute approximate surface area is 224 Å². The molecule has 4 rings (SSSR count). The number of carbonyl (C=O) groups is 2. The van der Waals surface area contributed by atoms with E-state index in [2.05, 4.69) is 5.32 Å². The number of fused-ring (bicyclic) bond motifs is 1. The van der Waals surface area contributed by atoms with Gasteiger partial charge < -0.3 is 24.3 Å². The molecule has 1 aliphatic heterocycles. The van der Waals surface area contributed by atoms with Crippen molar-refractivity contribution in [2.75, 3.05) is 21.3 Å². The Morgan fingerprint density at radius 1 is 1.05 bits per heavy atom. The lowest BCUT2D eigenvalue weighted by Crippen LogP contribution is -2.45. The molecule has 0 bridgehead atoms. The van der Waals surface area contributed by atoms with Crippen LogP contribution >= 0.6 is 0 Å². The molecule has 1 aromatic heterocycles. The number of aryl methyl sites for hydroxylation is 1. The molecule has 0 radical (unpaired) electrons. The molecule has 0 spiro atoms. The second-order valence-electron chi connectivity index (χ2n) is 9.41. The maximum Gasteiger partial charge on any atom is 0.254 e. The van der Waals surface area contributed by atoms with E-state index in [1.807, 2.05) is 86.3 Å². The van der Waals surface area contributed by atoms with Crippen LogP contribution in [0.4, 0.5) is 0 Å². The topological polar surface area (TPSA) is 72.8 Å². The Balaban J connectivity index is 1.75. The van der Waals surface area contributed by atoms with E-state index in [0.717, 1.165) is 27.9 Å². The summed E-state index contributed by atoms with van der Waals surface area (Å²) in [6.45, 7) is 4.29. The number of nitrogens with zero attached hydrogens (tertiary/aromatic N) is 2. The van der Waals surface area contributed by atoms with Crippen molar-refractivity contribution in [3.63, 3.8) is 0 Å². The van der Waals surface area contributed by atoms with Crippen LogP contribution in [0.1, 0.15) is 57.2 Å². The van der Waals surface area contributed by atoms with Gasteiger partial charge in [-0.1, -0.05) is 36.4 Å². The van der Waals surface area contributed by atoms with Gasteiger partial charge in [-0.15, -0.1) is 0 Å². The number of methoxy groups -OCH3 is 2. The van der Waals surface area contributed by atoms with Crippen molar-refractivity contribution in [1.82, 2.24) is 14.8 Å². The lowest BCUT2D eigenvalue weighted by molar-refractivity contribution is -0.124. The minimum absolute atomic E-state index is 0.0965. The zero-order chi connectivity index (χ0) is 27.4. The summed E-state index contributed by atoms with van der Waals surface area (Å²) in [7, 11) is 6.95. The molecule has 1 N–H and O–H groups in total. The second kappa shape index (κ2) is 11.4. The number of likely N-dealkylation sites (N-methyl/N-ethyl adjacent to an activating group) is 1. The number of amides is 2. The van der Waals surface area contributed by atoms with Crippen molar-refractivity contribution in [3.05, 3.63) is 100 Å². The van der Waals surface area contributed by atoms with Crippen LogP contribution in [0.5, 0.6) is 11.5 Å². The first-order chi connectivity index (χ1) is 18.3. The van der Waals surface area contributed by atoms with Gasteiger partial charge in [0.25, 0.3) is 5.91 Å². The highest BCUT2D eigenvalue weighted by Crippen LogP contribution is 2.44. The van der Waals surface area contributed by atoms with Crippen LogP contribution in [0, 0.1) is 6.92 Å². The van der Waals surface area contributed by atoms with Crippen molar-refractivity contribution in [2.45, 2.75) is 32.4 Å². The van der Waals surface area contributed by atoms with Crippen molar-refractivity contribution in [2.24, 2.45) is 7.05 Å². The molecule has 7 heteroatoms. The number of ether oxygens (including phenoxy) is 2. The van der Waals surface area contributed by atoms with Gasteiger partial charge in [0, 0.05) is 49.7 Å². The number of hydrogen-bond donors (Lipinski definition) is 1. The Kier molecular flexibility index (Phi) is 8.05. The van der Waals surface area contributed by atoms with E-state index in [4.69, 9.17) is 9.47 Å². The average molecular weight is 514 g/mol. The van der Waals surface area contributed by atoms with E-state index in [-0.39, 0.29) is 18.4 Å². The Morgan fingerprint density at radius 2 is 1.82 bits per heavy atom. The summed E-state index contributed by atoms with van der Waals surface area (Å²) in [5.41, 5.74) is 5.12. The maximum absolute atomic E-state index is 14.0. The third-order valence-electron chi connectivity index (χ3n) is 7.22. The molecule has 7 nitrogen and oxygen atoms in total. The van der Waals surface area contributed by atoms with Gasteiger partial charge in [0.15, 0.2) is 0 Å². The van der Waals surface area contributed by atoms with E-state index in [9.17, 15) is 9.59 Å². The van der Waals surface area contributed by atoms with E-state index < -0.39 is 12.0 Å². The Hall–Kier alpha value is -4.26. The molecule has 38 heavy (non-hydrogen) atoms. The first kappa shape index (κ1) is 26.8. The van der Waals surface area contributed by atoms with Crippen molar-refractivity contribution >= 4 is 17.9 Å². The molecule has 2 amide bonds. The highest BCUT2D eigenvalue weighted by molar-refractivity contribution is 6.01. The largest absolute Gasteiger partial charge is 0.497 e. The predicted octanol–water partition coefficient (Wildman–Crippen LogP) is 5.17. The molecule has 3 aromatic rings. The van der Waals surface area contributed by atoms with Crippen LogP contribution in [0.15, 0.2) is 66.9 Å². The zero-order valence-corrected chi connectivity index (χ0v) is 22.8. The number of carbonyl (C=O) groups excluding carboxylic acids is 2. The molecular formula is C31H35N3O4. The minimum atomic E-state index is -0.591. The third-order valence-corrected chi connectivity index (χ3v) is 7.22. The molecular weight excluding hydrogens is 478 g/mol. The fraction of sp³-hybridized carbons (Fsp3) is 0.290. The molecule has 2 atom stereocenters. The molecule has 198 valence electrons. The molecule has 2 heterocycles. The quantitative estimate of drug-likeness (QED) is 0.422. The molecule has 2 unspecified atom stereocenters. The van der Waals surface area contributed by atoms with Gasteiger partial charge in [-0.05, 0) is 54.8 Å². The number of nitrogens with one attached hydrogen (secondary N) is 1. The average Bonchev–Trinajstić information content (AvgIpc) is 3.21. The summed E-state index contributed by atoms with van der Waals surface area (Å²) >= 11 is 0. The summed E-state index contributed by atoms with van der Waals surface area (Å²) < 4.78 is 12.9. The van der Waals surface area contributed by atoms with Gasteiger partial charge in [-0.25, -0.2) is 0 Å². The van der Waals surface area contributed by atoms with Gasteiger partial charge in [-0.3, -0.25) is 9.59 Å². The fourth-order valence-electron chi connectivity index (χ4n) is 5.22. The van der Waals surface area contributed by atoms with E-state index in [1.165, 1.54) is 0 Å². The van der Waals surface area contributed by atoms with Crippen molar-refractivity contribution in [3.8, 4) is 11.5 Å². The highest BCUT2D eigenvalue weighted by Gasteiger charge is 2.43. The first-order valence-electron chi connectivity index (χ1n) is 12.6. The number of aromatic nitrogens is 1. The van der Waals surface area contributed by atoms with Crippen molar-refractivity contribution < 1.29 is 19.1 Å². The summed E-state index contributed by atoms with van der Waals surface area (Å²) in [5, 5.41) is 3.11. The van der Waals surface area contributed by atoms with E-state index >= 15 is 0 Å². The predicted molar refractivity (Wildman–Crippen MR) is 149 cm³/mol. The van der Waals surface area contributed by atoms with Crippen LogP contribution in [0.3, 0.4) is 0 Å². The first-order valence-corrected chi connectivity index (χ1v) is 12.6. The van der Waals surface area contributed by atoms with Gasteiger partial charge in [0.05, 0.1) is 26.2 Å². The lowest BCUT2D eigenvalue weighted by atomic mass is 9.79. The smallest absolute Gasteiger partial charge is 0.254 e. The number of hydrogen-bond acceptors (Lipinski definition) is 4. The number of allylic oxidation sites excluding steroid dienone is 3. The van der Waals surface area contributed by atoms with E-state index in [0.29, 0.717) is 17.1 Å². The van der Waals surface area contributed by atoms with E-state index in [1.54, 1.807) is 38.3 Å². The van der Waals surface area contributed by atoms with Crippen LogP contribution in [0.25, 0.3) is 6.08 Å². The normalized spacial score (nSPS) is 17.2. The van der Waals surface area contributed by atoms with Crippen LogP contribution < -0.4 is 14.8 Å². The lowest BCUT2D eigenvalue weighted by Gasteiger charge is -2.39. The SMILES string of the molecule is C/C=C\C=C/c1c(C)c(C2C(C(=O)NCc3ccc(OC)cc3OC)c3ccccc3C(=O)N2C)cn1C. The maximum atomic E-state index is 14.0. The number of rotatable bonds is 8. The fourth-order valence-corrected chi connectivity index (χ4v) is 5.22. The zero-order valence-electron chi connectivity index (χ0n) is 22.8. The van der Waals surface area contributed by atoms with Gasteiger partial charge in [-0.2, -0.15) is 0 Å². The van der Waals surface area contributed by atoms with Gasteiger partial charge >= 0.3 is 0 Å². The Bertz CT molecular complexity index is 1400. The van der Waals surface area contributed by atoms with Crippen LogP contribution in [-0.2, 0) is 18.4 Å². The molecule has 0 saturated heterocycles. The molecule has 2 aromatic carbocycles. The van der Waals surface area contributed by atoms with Crippen molar-refractivity contribution in [1.29, 1.82) is 0 Å². The standard InChI is InChI=1S/C31H35N3O4/c1-7-8-9-14-26-20(2)25(19-33(26)3)29-28(23-12-10-11-13-24(23)31(36)34(29)4)30(35)32-18-21-15-16-22(37-5)17-27(21)38-6/h7-17,19,28-29H,18H2,1-6H3,(H,32,35)/b8-7-,14-9-. The molecule has 0 aliphatic carbocycles.